The van der Waals surface area contributed by atoms with Gasteiger partial charge in [0.1, 0.15) is 5.82 Å². The Bertz CT molecular complexity index is 573. The van der Waals surface area contributed by atoms with Crippen LogP contribution in [0.25, 0.3) is 11.3 Å². The number of nitrogen functional groups attached to an aromatic ring is 1. The topological polar surface area (TPSA) is 84.3 Å². The van der Waals surface area contributed by atoms with Gasteiger partial charge in [-0.05, 0) is 18.6 Å². The molecule has 0 amide bonds. The summed E-state index contributed by atoms with van der Waals surface area (Å²) in [7, 11) is 1.71. The lowest BCUT2D eigenvalue weighted by Gasteiger charge is -2.08. The fraction of sp³-hybridized carbons (Fsp3) is 0.182. The van der Waals surface area contributed by atoms with Gasteiger partial charge in [-0.15, -0.1) is 0 Å². The number of halogens is 1. The third-order valence-corrected chi connectivity index (χ3v) is 2.96. The number of hydrogen-bond acceptors (Lipinski definition) is 4. The van der Waals surface area contributed by atoms with Crippen molar-refractivity contribution < 1.29 is 10.2 Å². The van der Waals surface area contributed by atoms with E-state index in [4.69, 9.17) is 17.3 Å². The lowest BCUT2D eigenvalue weighted by atomic mass is 10.0. The number of aromatic nitrogens is 2. The van der Waals surface area contributed by atoms with Gasteiger partial charge in [0.05, 0.1) is 10.7 Å². The van der Waals surface area contributed by atoms with Crippen LogP contribution in [-0.2, 0) is 7.05 Å². The first kappa shape index (κ1) is 11.6. The van der Waals surface area contributed by atoms with Crippen molar-refractivity contribution in [2.24, 2.45) is 7.05 Å². The predicted molar refractivity (Wildman–Crippen MR) is 66.1 cm³/mol. The van der Waals surface area contributed by atoms with E-state index in [1.807, 2.05) is 0 Å². The second-order valence-corrected chi connectivity index (χ2v) is 4.21. The van der Waals surface area contributed by atoms with Gasteiger partial charge in [0.25, 0.3) is 0 Å². The average molecular weight is 254 g/mol. The number of phenolic OH excluding ortho intramolecular Hbond substituents is 2. The number of rotatable bonds is 1. The summed E-state index contributed by atoms with van der Waals surface area (Å²) in [4.78, 5) is 0. The molecule has 2 aromatic rings. The van der Waals surface area contributed by atoms with E-state index >= 15 is 0 Å². The van der Waals surface area contributed by atoms with E-state index < -0.39 is 0 Å². The highest BCUT2D eigenvalue weighted by Gasteiger charge is 2.17. The molecule has 0 saturated heterocycles. The van der Waals surface area contributed by atoms with Gasteiger partial charge in [0.15, 0.2) is 11.5 Å². The zero-order chi connectivity index (χ0) is 12.7. The molecule has 0 aliphatic rings. The summed E-state index contributed by atoms with van der Waals surface area (Å²) in [5.74, 6) is -0.111. The van der Waals surface area contributed by atoms with Gasteiger partial charge in [0, 0.05) is 18.7 Å². The van der Waals surface area contributed by atoms with Crippen molar-refractivity contribution in [1.82, 2.24) is 9.78 Å². The van der Waals surface area contributed by atoms with Crippen molar-refractivity contribution in [2.45, 2.75) is 6.92 Å². The van der Waals surface area contributed by atoms with Crippen LogP contribution in [0.3, 0.4) is 0 Å². The monoisotopic (exact) mass is 253 g/mol. The molecule has 5 nitrogen and oxygen atoms in total. The highest BCUT2D eigenvalue weighted by Crippen LogP contribution is 2.42. The highest BCUT2D eigenvalue weighted by atomic mass is 35.5. The van der Waals surface area contributed by atoms with Crippen LogP contribution in [0.4, 0.5) is 5.82 Å². The zero-order valence-electron chi connectivity index (χ0n) is 9.40. The molecular weight excluding hydrogens is 242 g/mol. The van der Waals surface area contributed by atoms with Crippen LogP contribution in [0, 0.1) is 6.92 Å². The standard InChI is InChI=1S/C11H12ClN3O2/c1-5-3-7(16)11(17)10(12)9(5)6-4-8(13)15(2)14-6/h3-4,16-17H,13H2,1-2H3. The first-order valence-electron chi connectivity index (χ1n) is 4.92. The van der Waals surface area contributed by atoms with Crippen molar-refractivity contribution in [3.63, 3.8) is 0 Å². The van der Waals surface area contributed by atoms with Crippen LogP contribution in [-0.4, -0.2) is 20.0 Å². The molecule has 0 aliphatic heterocycles. The quantitative estimate of drug-likeness (QED) is 0.679. The predicted octanol–water partition coefficient (Wildman–Crippen LogP) is 2.04. The number of phenols is 2. The second kappa shape index (κ2) is 3.85. The third kappa shape index (κ3) is 1.78. The minimum atomic E-state index is -0.350. The molecule has 0 radical (unpaired) electrons. The fourth-order valence-electron chi connectivity index (χ4n) is 1.67. The first-order chi connectivity index (χ1) is 7.91. The van der Waals surface area contributed by atoms with E-state index in [0.717, 1.165) is 0 Å². The SMILES string of the molecule is Cc1cc(O)c(O)c(Cl)c1-c1cc(N)n(C)n1. The summed E-state index contributed by atoms with van der Waals surface area (Å²) in [5.41, 5.74) is 7.53. The molecule has 4 N–H and O–H groups in total. The van der Waals surface area contributed by atoms with Crippen LogP contribution in [0.15, 0.2) is 12.1 Å². The Labute approximate surface area is 103 Å². The Morgan fingerprint density at radius 3 is 2.53 bits per heavy atom. The number of aryl methyl sites for hydroxylation is 2. The third-order valence-electron chi connectivity index (χ3n) is 2.59. The molecule has 6 heteroatoms. The average Bonchev–Trinajstić information content (AvgIpc) is 2.56. The van der Waals surface area contributed by atoms with Gasteiger partial charge < -0.3 is 15.9 Å². The van der Waals surface area contributed by atoms with E-state index in [-0.39, 0.29) is 16.5 Å². The Kier molecular flexibility index (Phi) is 2.63. The molecule has 0 saturated carbocycles. The summed E-state index contributed by atoms with van der Waals surface area (Å²) in [6.45, 7) is 1.77. The summed E-state index contributed by atoms with van der Waals surface area (Å²) in [5, 5.41) is 23.3. The molecule has 17 heavy (non-hydrogen) atoms. The minimum absolute atomic E-state index is 0.0700. The fourth-order valence-corrected chi connectivity index (χ4v) is 2.01. The molecule has 2 rings (SSSR count). The molecule has 1 aromatic carbocycles. The van der Waals surface area contributed by atoms with Crippen molar-refractivity contribution in [3.05, 3.63) is 22.7 Å². The number of hydrogen-bond donors (Lipinski definition) is 3. The maximum absolute atomic E-state index is 9.60. The maximum Gasteiger partial charge on any atom is 0.177 e. The smallest absolute Gasteiger partial charge is 0.177 e. The Balaban J connectivity index is 2.71. The molecule has 0 atom stereocenters. The first-order valence-corrected chi connectivity index (χ1v) is 5.30. The second-order valence-electron chi connectivity index (χ2n) is 3.83. The van der Waals surface area contributed by atoms with Gasteiger partial charge in [-0.1, -0.05) is 11.6 Å². The van der Waals surface area contributed by atoms with Gasteiger partial charge in [0.2, 0.25) is 0 Å². The molecule has 0 unspecified atom stereocenters. The number of aromatic hydroxyl groups is 2. The molecule has 0 aliphatic carbocycles. The van der Waals surface area contributed by atoms with E-state index in [1.54, 1.807) is 20.0 Å². The lowest BCUT2D eigenvalue weighted by molar-refractivity contribution is 0.404. The molecule has 1 heterocycles. The van der Waals surface area contributed by atoms with E-state index in [2.05, 4.69) is 5.10 Å². The number of nitrogens with zero attached hydrogens (tertiary/aromatic N) is 2. The van der Waals surface area contributed by atoms with Crippen molar-refractivity contribution in [1.29, 1.82) is 0 Å². The summed E-state index contributed by atoms with van der Waals surface area (Å²) in [6, 6.07) is 3.09. The number of benzene rings is 1. The zero-order valence-corrected chi connectivity index (χ0v) is 10.2. The summed E-state index contributed by atoms with van der Waals surface area (Å²) in [6.07, 6.45) is 0. The molecule has 0 spiro atoms. The van der Waals surface area contributed by atoms with Crippen LogP contribution in [0.2, 0.25) is 5.02 Å². The minimum Gasteiger partial charge on any atom is -0.504 e. The number of anilines is 1. The molecular formula is C11H12ClN3O2. The maximum atomic E-state index is 9.60. The van der Waals surface area contributed by atoms with Crippen LogP contribution < -0.4 is 5.73 Å². The Hall–Kier alpha value is -1.88. The Morgan fingerprint density at radius 1 is 1.35 bits per heavy atom. The molecule has 90 valence electrons. The lowest BCUT2D eigenvalue weighted by Crippen LogP contribution is -1.96. The van der Waals surface area contributed by atoms with Gasteiger partial charge in [-0.25, -0.2) is 0 Å². The van der Waals surface area contributed by atoms with E-state index in [1.165, 1.54) is 10.7 Å². The molecule has 0 bridgehead atoms. The molecule has 1 aromatic heterocycles. The van der Waals surface area contributed by atoms with Gasteiger partial charge in [-0.2, -0.15) is 5.10 Å². The normalized spacial score (nSPS) is 10.8. The largest absolute Gasteiger partial charge is 0.504 e. The summed E-state index contributed by atoms with van der Waals surface area (Å²) < 4.78 is 1.51. The van der Waals surface area contributed by atoms with Crippen molar-refractivity contribution >= 4 is 17.4 Å². The van der Waals surface area contributed by atoms with E-state index in [9.17, 15) is 10.2 Å². The van der Waals surface area contributed by atoms with Gasteiger partial charge >= 0.3 is 0 Å². The molecule has 0 fully saturated rings. The van der Waals surface area contributed by atoms with E-state index in [0.29, 0.717) is 22.6 Å². The highest BCUT2D eigenvalue weighted by molar-refractivity contribution is 6.35. The summed E-state index contributed by atoms with van der Waals surface area (Å²) >= 11 is 6.00. The van der Waals surface area contributed by atoms with Crippen LogP contribution in [0.5, 0.6) is 11.5 Å². The Morgan fingerprint density at radius 2 is 2.00 bits per heavy atom. The van der Waals surface area contributed by atoms with Crippen molar-refractivity contribution in [2.75, 3.05) is 5.73 Å². The van der Waals surface area contributed by atoms with Gasteiger partial charge in [-0.3, -0.25) is 4.68 Å². The van der Waals surface area contributed by atoms with Crippen LogP contribution >= 0.6 is 11.6 Å². The van der Waals surface area contributed by atoms with Crippen LogP contribution in [0.1, 0.15) is 5.56 Å². The number of nitrogens with two attached hydrogens (primary N) is 1. The van der Waals surface area contributed by atoms with Crippen molar-refractivity contribution in [3.8, 4) is 22.8 Å².